The van der Waals surface area contributed by atoms with Crippen molar-refractivity contribution in [1.29, 1.82) is 0 Å². The molecule has 0 spiro atoms. The van der Waals surface area contributed by atoms with E-state index in [-0.39, 0.29) is 12.2 Å². The van der Waals surface area contributed by atoms with Gasteiger partial charge in [-0.1, -0.05) is 91.0 Å². The highest BCUT2D eigenvalue weighted by atomic mass is 32.1. The SMILES string of the molecule is COC(=O)c1csc(C2O[C@H](COCc3ccccc3)[C@@H](OCc3ccccc3)[C@@]2(C)OCc2ccccc2)c1NC=O. The van der Waals surface area contributed by atoms with Crippen LogP contribution in [0, 0.1) is 0 Å². The van der Waals surface area contributed by atoms with E-state index in [9.17, 15) is 9.59 Å². The molecule has 0 aliphatic carbocycles. The van der Waals surface area contributed by atoms with Crippen LogP contribution in [0.3, 0.4) is 0 Å². The van der Waals surface area contributed by atoms with E-state index >= 15 is 0 Å². The number of hydrogen-bond acceptors (Lipinski definition) is 8. The summed E-state index contributed by atoms with van der Waals surface area (Å²) in [6.07, 6.45) is -1.25. The number of amides is 1. The van der Waals surface area contributed by atoms with Gasteiger partial charge in [0.05, 0.1) is 49.7 Å². The minimum atomic E-state index is -1.04. The molecule has 0 saturated carbocycles. The highest BCUT2D eigenvalue weighted by Crippen LogP contribution is 2.51. The number of esters is 1. The van der Waals surface area contributed by atoms with Crippen molar-refractivity contribution in [3.05, 3.63) is 124 Å². The van der Waals surface area contributed by atoms with Crippen molar-refractivity contribution >= 4 is 29.4 Å². The van der Waals surface area contributed by atoms with Crippen LogP contribution < -0.4 is 5.32 Å². The Kier molecular flexibility index (Phi) is 10.3. The molecule has 1 N–H and O–H groups in total. The number of ether oxygens (including phenoxy) is 5. The lowest BCUT2D eigenvalue weighted by molar-refractivity contribution is -0.147. The van der Waals surface area contributed by atoms with Crippen molar-refractivity contribution in [3.63, 3.8) is 0 Å². The van der Waals surface area contributed by atoms with Gasteiger partial charge in [-0.05, 0) is 23.6 Å². The van der Waals surface area contributed by atoms with Crippen LogP contribution in [0.15, 0.2) is 96.4 Å². The van der Waals surface area contributed by atoms with Gasteiger partial charge >= 0.3 is 5.97 Å². The number of hydrogen-bond donors (Lipinski definition) is 1. The summed E-state index contributed by atoms with van der Waals surface area (Å²) >= 11 is 1.30. The summed E-state index contributed by atoms with van der Waals surface area (Å²) < 4.78 is 31.2. The second kappa shape index (κ2) is 14.5. The predicted octanol–water partition coefficient (Wildman–Crippen LogP) is 6.32. The van der Waals surface area contributed by atoms with Crippen LogP contribution in [-0.2, 0) is 48.3 Å². The van der Waals surface area contributed by atoms with E-state index in [0.29, 0.717) is 36.8 Å². The van der Waals surface area contributed by atoms with E-state index in [1.165, 1.54) is 18.4 Å². The highest BCUT2D eigenvalue weighted by molar-refractivity contribution is 7.11. The third kappa shape index (κ3) is 7.21. The summed E-state index contributed by atoms with van der Waals surface area (Å²) in [6, 6.07) is 29.7. The average Bonchev–Trinajstić information content (AvgIpc) is 3.58. The van der Waals surface area contributed by atoms with Crippen molar-refractivity contribution in [2.75, 3.05) is 19.0 Å². The molecule has 0 bridgehead atoms. The summed E-state index contributed by atoms with van der Waals surface area (Å²) in [7, 11) is 1.30. The van der Waals surface area contributed by atoms with Crippen LogP contribution in [0.1, 0.15) is 45.0 Å². The highest BCUT2D eigenvalue weighted by Gasteiger charge is 2.57. The third-order valence-corrected chi connectivity index (χ3v) is 8.48. The molecular weight excluding hydrogens is 566 g/mol. The fraction of sp³-hybridized carbons (Fsp3) is 0.294. The molecule has 43 heavy (non-hydrogen) atoms. The molecule has 1 amide bonds. The fourth-order valence-electron chi connectivity index (χ4n) is 5.25. The Hall–Kier alpha value is -3.86. The van der Waals surface area contributed by atoms with Crippen molar-refractivity contribution in [3.8, 4) is 0 Å². The molecule has 0 radical (unpaired) electrons. The molecule has 4 aromatic rings. The van der Waals surface area contributed by atoms with E-state index in [1.807, 2.05) is 97.9 Å². The first-order valence-electron chi connectivity index (χ1n) is 14.0. The number of carbonyl (C=O) groups is 2. The summed E-state index contributed by atoms with van der Waals surface area (Å²) in [5, 5.41) is 4.36. The van der Waals surface area contributed by atoms with E-state index in [0.717, 1.165) is 16.7 Å². The van der Waals surface area contributed by atoms with Gasteiger partial charge in [0.25, 0.3) is 0 Å². The maximum absolute atomic E-state index is 12.6. The molecule has 5 rings (SSSR count). The van der Waals surface area contributed by atoms with Crippen molar-refractivity contribution in [1.82, 2.24) is 0 Å². The second-order valence-corrected chi connectivity index (χ2v) is 11.3. The van der Waals surface area contributed by atoms with E-state index in [1.54, 1.807) is 5.38 Å². The van der Waals surface area contributed by atoms with Crippen LogP contribution in [0.2, 0.25) is 0 Å². The molecule has 2 heterocycles. The van der Waals surface area contributed by atoms with Crippen molar-refractivity contribution < 1.29 is 33.3 Å². The van der Waals surface area contributed by atoms with Gasteiger partial charge < -0.3 is 29.0 Å². The molecule has 3 aromatic carbocycles. The van der Waals surface area contributed by atoms with Gasteiger partial charge in [0, 0.05) is 5.38 Å². The van der Waals surface area contributed by atoms with E-state index in [2.05, 4.69) is 5.32 Å². The van der Waals surface area contributed by atoms with Gasteiger partial charge in [-0.3, -0.25) is 4.79 Å². The molecule has 4 atom stereocenters. The molecule has 224 valence electrons. The van der Waals surface area contributed by atoms with Crippen LogP contribution in [0.5, 0.6) is 0 Å². The summed E-state index contributed by atoms with van der Waals surface area (Å²) in [5.41, 5.74) is 2.57. The molecule has 1 saturated heterocycles. The van der Waals surface area contributed by atoms with Crippen molar-refractivity contribution in [2.24, 2.45) is 0 Å². The molecule has 9 heteroatoms. The average molecular weight is 602 g/mol. The number of methoxy groups -OCH3 is 1. The summed E-state index contributed by atoms with van der Waals surface area (Å²) in [4.78, 5) is 24.9. The van der Waals surface area contributed by atoms with Gasteiger partial charge in [0.15, 0.2) is 0 Å². The lowest BCUT2D eigenvalue weighted by Gasteiger charge is -2.35. The number of nitrogens with one attached hydrogen (secondary N) is 1. The second-order valence-electron chi connectivity index (χ2n) is 10.4. The van der Waals surface area contributed by atoms with Crippen LogP contribution in [-0.4, -0.2) is 43.9 Å². The molecule has 1 unspecified atom stereocenters. The summed E-state index contributed by atoms with van der Waals surface area (Å²) in [6.45, 7) is 3.22. The minimum absolute atomic E-state index is 0.237. The lowest BCUT2D eigenvalue weighted by Crippen LogP contribution is -2.47. The zero-order valence-electron chi connectivity index (χ0n) is 24.1. The molecule has 1 aromatic heterocycles. The maximum Gasteiger partial charge on any atom is 0.340 e. The van der Waals surface area contributed by atoms with Crippen LogP contribution >= 0.6 is 11.3 Å². The Morgan fingerprint density at radius 2 is 1.49 bits per heavy atom. The molecular formula is C34H35NO7S. The normalized spacial score (nSPS) is 21.4. The number of thiophene rings is 1. The number of anilines is 1. The first-order chi connectivity index (χ1) is 21.0. The zero-order chi connectivity index (χ0) is 30.1. The monoisotopic (exact) mass is 601 g/mol. The molecule has 1 aliphatic heterocycles. The standard InChI is InChI=1S/C34H35NO7S/c1-34(41-20-26-16-10-5-11-17-26)31(40-19-25-14-8-4-9-15-25)28(21-39-18-24-12-6-3-7-13-24)42-32(34)30-29(35-23-36)27(22-43-30)33(37)38-2/h3-17,22-23,28,31-32H,18-21H2,1-2H3,(H,35,36)/t28-,31-,32?,34-/m1/s1. The van der Waals surface area contributed by atoms with E-state index < -0.39 is 29.9 Å². The lowest BCUT2D eigenvalue weighted by atomic mass is 9.90. The third-order valence-electron chi connectivity index (χ3n) is 7.46. The topological polar surface area (TPSA) is 92.3 Å². The Morgan fingerprint density at radius 3 is 2.07 bits per heavy atom. The van der Waals surface area contributed by atoms with Crippen LogP contribution in [0.25, 0.3) is 0 Å². The maximum atomic E-state index is 12.6. The smallest absolute Gasteiger partial charge is 0.340 e. The fourth-order valence-corrected chi connectivity index (χ4v) is 6.41. The first-order valence-corrected chi connectivity index (χ1v) is 14.9. The van der Waals surface area contributed by atoms with Gasteiger partial charge in [-0.25, -0.2) is 4.79 Å². The van der Waals surface area contributed by atoms with Gasteiger partial charge in [-0.2, -0.15) is 0 Å². The number of carbonyl (C=O) groups excluding carboxylic acids is 2. The van der Waals surface area contributed by atoms with Gasteiger partial charge in [-0.15, -0.1) is 11.3 Å². The Balaban J connectivity index is 1.50. The predicted molar refractivity (Wildman–Crippen MR) is 164 cm³/mol. The van der Waals surface area contributed by atoms with Gasteiger partial charge in [0.1, 0.15) is 23.9 Å². The van der Waals surface area contributed by atoms with Crippen molar-refractivity contribution in [2.45, 2.75) is 50.7 Å². The molecule has 8 nitrogen and oxygen atoms in total. The Bertz CT molecular complexity index is 1460. The van der Waals surface area contributed by atoms with Crippen LogP contribution in [0.4, 0.5) is 5.69 Å². The Morgan fingerprint density at radius 1 is 0.907 bits per heavy atom. The number of benzene rings is 3. The summed E-state index contributed by atoms with van der Waals surface area (Å²) in [5.74, 6) is -0.559. The molecule has 1 fully saturated rings. The Labute approximate surface area is 255 Å². The minimum Gasteiger partial charge on any atom is -0.465 e. The van der Waals surface area contributed by atoms with E-state index in [4.69, 9.17) is 23.7 Å². The quantitative estimate of drug-likeness (QED) is 0.134. The largest absolute Gasteiger partial charge is 0.465 e. The number of rotatable bonds is 14. The zero-order valence-corrected chi connectivity index (χ0v) is 25.0. The van der Waals surface area contributed by atoms with Gasteiger partial charge in [0.2, 0.25) is 6.41 Å². The first kappa shape index (κ1) is 30.6. The molecule has 1 aliphatic rings.